The fourth-order valence-electron chi connectivity index (χ4n) is 3.35. The van der Waals surface area contributed by atoms with Crippen LogP contribution in [0, 0.1) is 5.92 Å². The van der Waals surface area contributed by atoms with Crippen LogP contribution < -0.4 is 5.32 Å². The van der Waals surface area contributed by atoms with E-state index >= 15 is 0 Å². The average Bonchev–Trinajstić information content (AvgIpc) is 2.89. The minimum absolute atomic E-state index is 0.0157. The Kier molecular flexibility index (Phi) is 5.40. The minimum Gasteiger partial charge on any atom is -0.353 e. The van der Waals surface area contributed by atoms with Gasteiger partial charge >= 0.3 is 6.03 Å². The van der Waals surface area contributed by atoms with Crippen molar-refractivity contribution in [3.63, 3.8) is 0 Å². The van der Waals surface area contributed by atoms with Crippen molar-refractivity contribution in [2.45, 2.75) is 51.6 Å². The molecule has 2 saturated heterocycles. The zero-order valence-electron chi connectivity index (χ0n) is 15.5. The number of urea groups is 1. The molecule has 1 unspecified atom stereocenters. The molecule has 0 aliphatic carbocycles. The molecule has 2 aliphatic rings. The van der Waals surface area contributed by atoms with Crippen molar-refractivity contribution in [3.8, 4) is 0 Å². The van der Waals surface area contributed by atoms with Crippen LogP contribution in [-0.2, 0) is 9.59 Å². The first-order valence-electron chi connectivity index (χ1n) is 8.66. The van der Waals surface area contributed by atoms with Gasteiger partial charge in [0.25, 0.3) is 0 Å². The highest BCUT2D eigenvalue weighted by atomic mass is 16.2. The molecule has 0 aromatic carbocycles. The number of piperidine rings is 1. The smallest absolute Gasteiger partial charge is 0.319 e. The van der Waals surface area contributed by atoms with Crippen LogP contribution >= 0.6 is 0 Å². The summed E-state index contributed by atoms with van der Waals surface area (Å²) in [6.45, 7) is 7.76. The summed E-state index contributed by atoms with van der Waals surface area (Å²) in [6.07, 6.45) is 1.81. The van der Waals surface area contributed by atoms with Gasteiger partial charge in [-0.25, -0.2) is 4.79 Å². The number of hydrogen-bond acceptors (Lipinski definition) is 3. The minimum atomic E-state index is -0.266. The number of rotatable bonds is 2. The van der Waals surface area contributed by atoms with Crippen molar-refractivity contribution in [1.82, 2.24) is 20.0 Å². The fourth-order valence-corrected chi connectivity index (χ4v) is 3.35. The van der Waals surface area contributed by atoms with Crippen molar-refractivity contribution in [2.75, 3.05) is 33.7 Å². The van der Waals surface area contributed by atoms with E-state index in [9.17, 15) is 14.4 Å². The maximum atomic E-state index is 12.5. The third kappa shape index (κ3) is 4.19. The highest BCUT2D eigenvalue weighted by Crippen LogP contribution is 2.26. The van der Waals surface area contributed by atoms with E-state index in [0.29, 0.717) is 26.1 Å². The molecule has 2 heterocycles. The van der Waals surface area contributed by atoms with E-state index in [0.717, 1.165) is 12.8 Å². The Hall–Kier alpha value is -1.79. The van der Waals surface area contributed by atoms with Crippen molar-refractivity contribution in [3.05, 3.63) is 0 Å². The second kappa shape index (κ2) is 6.99. The lowest BCUT2D eigenvalue weighted by Gasteiger charge is -2.34. The molecule has 2 aliphatic heterocycles. The van der Waals surface area contributed by atoms with E-state index in [4.69, 9.17) is 0 Å². The molecule has 2 fully saturated rings. The molecular weight excluding hydrogens is 308 g/mol. The molecule has 136 valence electrons. The Balaban J connectivity index is 1.82. The fraction of sp³-hybridized carbons (Fsp3) is 0.824. The van der Waals surface area contributed by atoms with E-state index < -0.39 is 0 Å². The topological polar surface area (TPSA) is 73.0 Å². The van der Waals surface area contributed by atoms with Crippen molar-refractivity contribution >= 4 is 17.8 Å². The Morgan fingerprint density at radius 3 is 2.21 bits per heavy atom. The van der Waals surface area contributed by atoms with Gasteiger partial charge in [0.05, 0.1) is 5.92 Å². The van der Waals surface area contributed by atoms with Crippen LogP contribution in [0.2, 0.25) is 0 Å². The van der Waals surface area contributed by atoms with Gasteiger partial charge in [-0.15, -0.1) is 0 Å². The summed E-state index contributed by atoms with van der Waals surface area (Å²) in [7, 11) is 3.49. The van der Waals surface area contributed by atoms with E-state index in [1.165, 1.54) is 0 Å². The number of nitrogens with one attached hydrogen (secondary N) is 1. The Morgan fingerprint density at radius 2 is 1.75 bits per heavy atom. The molecule has 0 spiro atoms. The van der Waals surface area contributed by atoms with E-state index in [-0.39, 0.29) is 35.3 Å². The molecule has 7 heteroatoms. The van der Waals surface area contributed by atoms with Gasteiger partial charge in [0.1, 0.15) is 0 Å². The number of carbonyl (C=O) groups excluding carboxylic acids is 3. The number of hydrogen-bond donors (Lipinski definition) is 1. The normalized spacial score (nSPS) is 22.7. The van der Waals surface area contributed by atoms with Crippen LogP contribution in [0.15, 0.2) is 0 Å². The molecule has 0 bridgehead atoms. The van der Waals surface area contributed by atoms with E-state index in [1.54, 1.807) is 23.9 Å². The summed E-state index contributed by atoms with van der Waals surface area (Å²) in [5.41, 5.74) is -0.246. The van der Waals surface area contributed by atoms with Crippen molar-refractivity contribution < 1.29 is 14.4 Å². The lowest BCUT2D eigenvalue weighted by atomic mass is 10.0. The Morgan fingerprint density at radius 1 is 1.17 bits per heavy atom. The van der Waals surface area contributed by atoms with Crippen LogP contribution in [0.25, 0.3) is 0 Å². The van der Waals surface area contributed by atoms with Crippen LogP contribution in [0.4, 0.5) is 4.79 Å². The highest BCUT2D eigenvalue weighted by Gasteiger charge is 2.40. The Bertz CT molecular complexity index is 504. The summed E-state index contributed by atoms with van der Waals surface area (Å²) in [5, 5.41) is 3.07. The van der Waals surface area contributed by atoms with Gasteiger partial charge in [-0.1, -0.05) is 0 Å². The average molecular weight is 338 g/mol. The second-order valence-electron chi connectivity index (χ2n) is 8.02. The third-order valence-corrected chi connectivity index (χ3v) is 4.80. The first kappa shape index (κ1) is 18.5. The SMILES string of the molecule is CN(C)C(=O)N1CCC(NC(=O)C2CC(=O)N(C(C)(C)C)C2)CC1. The number of carbonyl (C=O) groups is 3. The van der Waals surface area contributed by atoms with Crippen LogP contribution in [0.3, 0.4) is 0 Å². The zero-order chi connectivity index (χ0) is 18.1. The summed E-state index contributed by atoms with van der Waals surface area (Å²) < 4.78 is 0. The first-order chi connectivity index (χ1) is 11.1. The molecule has 7 nitrogen and oxygen atoms in total. The van der Waals surface area contributed by atoms with Gasteiger partial charge in [0.15, 0.2) is 0 Å². The third-order valence-electron chi connectivity index (χ3n) is 4.80. The number of amides is 4. The maximum Gasteiger partial charge on any atom is 0.319 e. The predicted octanol–water partition coefficient (Wildman–Crippen LogP) is 0.896. The van der Waals surface area contributed by atoms with Gasteiger partial charge in [-0.05, 0) is 33.6 Å². The van der Waals surface area contributed by atoms with E-state index in [1.807, 2.05) is 25.7 Å². The molecule has 1 N–H and O–H groups in total. The molecule has 0 aromatic rings. The number of likely N-dealkylation sites (tertiary alicyclic amines) is 2. The summed E-state index contributed by atoms with van der Waals surface area (Å²) in [5.74, 6) is -0.250. The monoisotopic (exact) mass is 338 g/mol. The quantitative estimate of drug-likeness (QED) is 0.813. The molecule has 0 saturated carbocycles. The van der Waals surface area contributed by atoms with Crippen molar-refractivity contribution in [1.29, 1.82) is 0 Å². The second-order valence-corrected chi connectivity index (χ2v) is 8.02. The van der Waals surface area contributed by atoms with Gasteiger partial charge in [-0.3, -0.25) is 9.59 Å². The maximum absolute atomic E-state index is 12.5. The van der Waals surface area contributed by atoms with Gasteiger partial charge in [-0.2, -0.15) is 0 Å². The largest absolute Gasteiger partial charge is 0.353 e. The van der Waals surface area contributed by atoms with Crippen LogP contribution in [0.1, 0.15) is 40.0 Å². The molecule has 0 radical (unpaired) electrons. The summed E-state index contributed by atoms with van der Waals surface area (Å²) in [4.78, 5) is 41.7. The summed E-state index contributed by atoms with van der Waals surface area (Å²) >= 11 is 0. The van der Waals surface area contributed by atoms with Crippen LogP contribution in [-0.4, -0.2) is 77.9 Å². The molecule has 0 aromatic heterocycles. The van der Waals surface area contributed by atoms with Gasteiger partial charge in [0.2, 0.25) is 11.8 Å². The summed E-state index contributed by atoms with van der Waals surface area (Å²) in [6, 6.07) is 0.101. The zero-order valence-corrected chi connectivity index (χ0v) is 15.5. The van der Waals surface area contributed by atoms with Gasteiger partial charge < -0.3 is 20.0 Å². The molecule has 24 heavy (non-hydrogen) atoms. The lowest BCUT2D eigenvalue weighted by molar-refractivity contribution is -0.132. The van der Waals surface area contributed by atoms with Crippen LogP contribution in [0.5, 0.6) is 0 Å². The molecule has 4 amide bonds. The van der Waals surface area contributed by atoms with Crippen molar-refractivity contribution in [2.24, 2.45) is 5.92 Å². The number of nitrogens with zero attached hydrogens (tertiary/aromatic N) is 3. The van der Waals surface area contributed by atoms with Gasteiger partial charge in [0, 0.05) is 51.7 Å². The molecule has 2 rings (SSSR count). The van der Waals surface area contributed by atoms with E-state index in [2.05, 4.69) is 5.32 Å². The Labute approximate surface area is 144 Å². The first-order valence-corrected chi connectivity index (χ1v) is 8.66. The standard InChI is InChI=1S/C17H30N4O3/c1-17(2,3)21-11-12(10-14(21)22)15(23)18-13-6-8-20(9-7-13)16(24)19(4)5/h12-13H,6-11H2,1-5H3,(H,18,23). The molecule has 1 atom stereocenters. The predicted molar refractivity (Wildman–Crippen MR) is 91.4 cm³/mol. The lowest BCUT2D eigenvalue weighted by Crippen LogP contribution is -2.50. The highest BCUT2D eigenvalue weighted by molar-refractivity contribution is 5.89. The molecular formula is C17H30N4O3.